The first kappa shape index (κ1) is 15.8. The Kier molecular flexibility index (Phi) is 5.62. The standard InChI is InChI=1S/C17H26N2O2/c1-12(2)21-16-8-4-14(5-9-16)13(3)18-11-10-17(20)19-15-6-7-15/h4-5,8-9,12-13,15,18H,6-7,10-11H2,1-3H3,(H,19,20). The van der Waals surface area contributed by atoms with E-state index in [2.05, 4.69) is 29.7 Å². The molecule has 0 spiro atoms. The van der Waals surface area contributed by atoms with Crippen molar-refractivity contribution in [2.24, 2.45) is 0 Å². The van der Waals surface area contributed by atoms with Crippen molar-refractivity contribution in [1.82, 2.24) is 10.6 Å². The van der Waals surface area contributed by atoms with Gasteiger partial charge in [0.15, 0.2) is 0 Å². The molecule has 21 heavy (non-hydrogen) atoms. The SMILES string of the molecule is CC(C)Oc1ccc(C(C)NCCC(=O)NC2CC2)cc1. The molecular weight excluding hydrogens is 264 g/mol. The van der Waals surface area contributed by atoms with Gasteiger partial charge in [-0.15, -0.1) is 0 Å². The summed E-state index contributed by atoms with van der Waals surface area (Å²) in [6.45, 7) is 6.84. The Bertz CT molecular complexity index is 452. The van der Waals surface area contributed by atoms with Gasteiger partial charge < -0.3 is 15.4 Å². The smallest absolute Gasteiger partial charge is 0.221 e. The molecule has 0 aromatic heterocycles. The fourth-order valence-corrected chi connectivity index (χ4v) is 2.15. The molecule has 0 bridgehead atoms. The van der Waals surface area contributed by atoms with Gasteiger partial charge in [-0.1, -0.05) is 12.1 Å². The molecule has 1 aliphatic carbocycles. The molecule has 0 radical (unpaired) electrons. The first-order valence-electron chi connectivity index (χ1n) is 7.84. The summed E-state index contributed by atoms with van der Waals surface area (Å²) in [4.78, 5) is 11.6. The van der Waals surface area contributed by atoms with Crippen molar-refractivity contribution >= 4 is 5.91 Å². The molecule has 2 N–H and O–H groups in total. The van der Waals surface area contributed by atoms with Gasteiger partial charge in [-0.05, 0) is 51.3 Å². The van der Waals surface area contributed by atoms with Crippen molar-refractivity contribution in [3.8, 4) is 5.75 Å². The largest absolute Gasteiger partial charge is 0.491 e. The molecule has 1 aromatic rings. The van der Waals surface area contributed by atoms with Crippen molar-refractivity contribution in [3.63, 3.8) is 0 Å². The van der Waals surface area contributed by atoms with E-state index in [4.69, 9.17) is 4.74 Å². The van der Waals surface area contributed by atoms with E-state index >= 15 is 0 Å². The summed E-state index contributed by atoms with van der Waals surface area (Å²) in [5, 5.41) is 6.38. The zero-order chi connectivity index (χ0) is 15.2. The van der Waals surface area contributed by atoms with Gasteiger partial charge in [-0.25, -0.2) is 0 Å². The molecule has 4 heteroatoms. The van der Waals surface area contributed by atoms with Crippen LogP contribution in [0.25, 0.3) is 0 Å². The van der Waals surface area contributed by atoms with Gasteiger partial charge in [0, 0.05) is 25.0 Å². The molecule has 4 nitrogen and oxygen atoms in total. The van der Waals surface area contributed by atoms with Crippen molar-refractivity contribution in [2.75, 3.05) is 6.54 Å². The molecule has 1 amide bonds. The predicted molar refractivity (Wildman–Crippen MR) is 84.4 cm³/mol. The average molecular weight is 290 g/mol. The number of ether oxygens (including phenoxy) is 1. The van der Waals surface area contributed by atoms with E-state index in [1.54, 1.807) is 0 Å². The molecule has 1 aromatic carbocycles. The lowest BCUT2D eigenvalue weighted by Crippen LogP contribution is -2.30. The summed E-state index contributed by atoms with van der Waals surface area (Å²) in [7, 11) is 0. The first-order chi connectivity index (χ1) is 10.0. The zero-order valence-corrected chi connectivity index (χ0v) is 13.2. The van der Waals surface area contributed by atoms with Gasteiger partial charge in [0.25, 0.3) is 0 Å². The van der Waals surface area contributed by atoms with Gasteiger partial charge >= 0.3 is 0 Å². The number of hydrogen-bond donors (Lipinski definition) is 2. The van der Waals surface area contributed by atoms with Crippen molar-refractivity contribution in [3.05, 3.63) is 29.8 Å². The van der Waals surface area contributed by atoms with Gasteiger partial charge in [0.2, 0.25) is 5.91 Å². The lowest BCUT2D eigenvalue weighted by atomic mass is 10.1. The normalized spacial score (nSPS) is 15.8. The van der Waals surface area contributed by atoms with E-state index in [1.165, 1.54) is 5.56 Å². The second kappa shape index (κ2) is 7.46. The Morgan fingerprint density at radius 3 is 2.48 bits per heavy atom. The molecule has 1 fully saturated rings. The van der Waals surface area contributed by atoms with Crippen LogP contribution in [0.15, 0.2) is 24.3 Å². The number of hydrogen-bond acceptors (Lipinski definition) is 3. The number of nitrogens with one attached hydrogen (secondary N) is 2. The van der Waals surface area contributed by atoms with Gasteiger partial charge in [-0.2, -0.15) is 0 Å². The van der Waals surface area contributed by atoms with Gasteiger partial charge in [0.05, 0.1) is 6.10 Å². The molecule has 116 valence electrons. The third-order valence-corrected chi connectivity index (χ3v) is 3.50. The molecule has 0 saturated heterocycles. The van der Waals surface area contributed by atoms with Crippen LogP contribution >= 0.6 is 0 Å². The molecule has 2 rings (SSSR count). The Labute approximate surface area is 127 Å². The van der Waals surface area contributed by atoms with E-state index in [1.807, 2.05) is 26.0 Å². The van der Waals surface area contributed by atoms with Gasteiger partial charge in [0.1, 0.15) is 5.75 Å². The molecule has 1 unspecified atom stereocenters. The highest BCUT2D eigenvalue weighted by molar-refractivity contribution is 5.76. The van der Waals surface area contributed by atoms with E-state index < -0.39 is 0 Å². The lowest BCUT2D eigenvalue weighted by molar-refractivity contribution is -0.121. The van der Waals surface area contributed by atoms with Crippen LogP contribution in [0.2, 0.25) is 0 Å². The van der Waals surface area contributed by atoms with E-state index in [9.17, 15) is 4.79 Å². The molecule has 0 heterocycles. The molecular formula is C17H26N2O2. The van der Waals surface area contributed by atoms with Crippen LogP contribution in [0, 0.1) is 0 Å². The quantitative estimate of drug-likeness (QED) is 0.774. The Morgan fingerprint density at radius 1 is 1.24 bits per heavy atom. The second-order valence-corrected chi connectivity index (χ2v) is 6.00. The minimum atomic E-state index is 0.151. The summed E-state index contributed by atoms with van der Waals surface area (Å²) in [6, 6.07) is 8.80. The maximum Gasteiger partial charge on any atom is 0.221 e. The summed E-state index contributed by atoms with van der Waals surface area (Å²) in [5.41, 5.74) is 1.20. The van der Waals surface area contributed by atoms with Crippen LogP contribution in [0.5, 0.6) is 5.75 Å². The molecule has 1 saturated carbocycles. The summed E-state index contributed by atoms with van der Waals surface area (Å²) in [6.07, 6.45) is 3.01. The van der Waals surface area contributed by atoms with E-state index in [0.29, 0.717) is 19.0 Å². The maximum absolute atomic E-state index is 11.6. The van der Waals surface area contributed by atoms with Crippen molar-refractivity contribution in [1.29, 1.82) is 0 Å². The highest BCUT2D eigenvalue weighted by Crippen LogP contribution is 2.19. The van der Waals surface area contributed by atoms with E-state index in [-0.39, 0.29) is 18.1 Å². The zero-order valence-electron chi connectivity index (χ0n) is 13.2. The predicted octanol–water partition coefficient (Wildman–Crippen LogP) is 2.79. The average Bonchev–Trinajstić information content (AvgIpc) is 3.22. The summed E-state index contributed by atoms with van der Waals surface area (Å²) in [5.74, 6) is 1.04. The number of amides is 1. The fourth-order valence-electron chi connectivity index (χ4n) is 2.15. The van der Waals surface area contributed by atoms with Crippen LogP contribution in [0.4, 0.5) is 0 Å². The molecule has 0 aliphatic heterocycles. The second-order valence-electron chi connectivity index (χ2n) is 6.00. The maximum atomic E-state index is 11.6. The molecule has 1 aliphatic rings. The Morgan fingerprint density at radius 2 is 1.90 bits per heavy atom. The van der Waals surface area contributed by atoms with Crippen molar-refractivity contribution in [2.45, 2.75) is 58.2 Å². The van der Waals surface area contributed by atoms with Crippen LogP contribution < -0.4 is 15.4 Å². The molecule has 1 atom stereocenters. The highest BCUT2D eigenvalue weighted by Gasteiger charge is 2.22. The Balaban J connectivity index is 1.71. The van der Waals surface area contributed by atoms with E-state index in [0.717, 1.165) is 18.6 Å². The minimum absolute atomic E-state index is 0.151. The third-order valence-electron chi connectivity index (χ3n) is 3.50. The van der Waals surface area contributed by atoms with Gasteiger partial charge in [-0.3, -0.25) is 4.79 Å². The summed E-state index contributed by atoms with van der Waals surface area (Å²) >= 11 is 0. The number of benzene rings is 1. The lowest BCUT2D eigenvalue weighted by Gasteiger charge is -2.15. The first-order valence-corrected chi connectivity index (χ1v) is 7.84. The highest BCUT2D eigenvalue weighted by atomic mass is 16.5. The Hall–Kier alpha value is -1.55. The van der Waals surface area contributed by atoms with Crippen molar-refractivity contribution < 1.29 is 9.53 Å². The minimum Gasteiger partial charge on any atom is -0.491 e. The van der Waals surface area contributed by atoms with Crippen LogP contribution in [0.3, 0.4) is 0 Å². The fraction of sp³-hybridized carbons (Fsp3) is 0.588. The van der Waals surface area contributed by atoms with Crippen LogP contribution in [-0.4, -0.2) is 24.6 Å². The van der Waals surface area contributed by atoms with Crippen LogP contribution in [0.1, 0.15) is 51.6 Å². The van der Waals surface area contributed by atoms with Crippen LogP contribution in [-0.2, 0) is 4.79 Å². The number of rotatable bonds is 8. The third kappa shape index (κ3) is 5.76. The summed E-state index contributed by atoms with van der Waals surface area (Å²) < 4.78 is 5.63. The number of carbonyl (C=O) groups excluding carboxylic acids is 1. The topological polar surface area (TPSA) is 50.4 Å². The monoisotopic (exact) mass is 290 g/mol. The number of carbonyl (C=O) groups is 1.